The monoisotopic (exact) mass is 403 g/mol. The summed E-state index contributed by atoms with van der Waals surface area (Å²) in [7, 11) is 1.64. The molecule has 0 aromatic carbocycles. The van der Waals surface area contributed by atoms with Gasteiger partial charge in [-0.15, -0.1) is 0 Å². The number of aryl methyl sites for hydroxylation is 2. The van der Waals surface area contributed by atoms with Crippen molar-refractivity contribution in [3.05, 3.63) is 35.5 Å². The summed E-state index contributed by atoms with van der Waals surface area (Å²) in [5, 5.41) is 14.1. The van der Waals surface area contributed by atoms with Crippen molar-refractivity contribution >= 4 is 11.8 Å². The minimum atomic E-state index is -0.248. The van der Waals surface area contributed by atoms with Crippen LogP contribution in [0.15, 0.2) is 23.0 Å². The Kier molecular flexibility index (Phi) is 7.03. The van der Waals surface area contributed by atoms with Crippen LogP contribution in [-0.4, -0.2) is 52.6 Å². The van der Waals surface area contributed by atoms with Crippen molar-refractivity contribution in [1.82, 2.24) is 25.6 Å². The first-order chi connectivity index (χ1) is 14.0. The highest BCUT2D eigenvalue weighted by Crippen LogP contribution is 2.27. The van der Waals surface area contributed by atoms with Gasteiger partial charge in [0, 0.05) is 32.0 Å². The Morgan fingerprint density at radius 2 is 2.21 bits per heavy atom. The molecule has 158 valence electrons. The highest BCUT2D eigenvalue weighted by molar-refractivity contribution is 5.96. The van der Waals surface area contributed by atoms with Crippen LogP contribution in [0.2, 0.25) is 0 Å². The van der Waals surface area contributed by atoms with E-state index in [1.54, 1.807) is 24.9 Å². The Morgan fingerprint density at radius 1 is 1.38 bits per heavy atom. The van der Waals surface area contributed by atoms with Gasteiger partial charge in [-0.05, 0) is 38.7 Å². The van der Waals surface area contributed by atoms with E-state index < -0.39 is 0 Å². The van der Waals surface area contributed by atoms with Crippen LogP contribution in [0.3, 0.4) is 0 Å². The van der Waals surface area contributed by atoms with Gasteiger partial charge in [0.25, 0.3) is 5.91 Å². The zero-order valence-electron chi connectivity index (χ0n) is 17.2. The average Bonchev–Trinajstić information content (AvgIpc) is 3.37. The molecule has 0 unspecified atom stereocenters. The molecule has 3 rings (SSSR count). The lowest BCUT2D eigenvalue weighted by molar-refractivity contribution is -0.127. The number of hydrogen-bond donors (Lipinski definition) is 2. The van der Waals surface area contributed by atoms with Gasteiger partial charge in [0.2, 0.25) is 5.91 Å². The maximum atomic E-state index is 12.8. The fourth-order valence-electron chi connectivity index (χ4n) is 3.88. The average molecular weight is 403 g/mol. The fraction of sp³-hybridized carbons (Fsp3) is 0.600. The van der Waals surface area contributed by atoms with Gasteiger partial charge in [-0.2, -0.15) is 5.10 Å². The maximum absolute atomic E-state index is 12.8. The van der Waals surface area contributed by atoms with E-state index in [9.17, 15) is 9.59 Å². The number of nitrogens with one attached hydrogen (secondary N) is 2. The van der Waals surface area contributed by atoms with Crippen molar-refractivity contribution in [3.63, 3.8) is 0 Å². The molecule has 1 fully saturated rings. The first-order valence-electron chi connectivity index (χ1n) is 10.1. The van der Waals surface area contributed by atoms with Gasteiger partial charge < -0.3 is 19.9 Å². The normalized spacial score (nSPS) is 21.7. The fourth-order valence-corrected chi connectivity index (χ4v) is 3.88. The molecule has 0 bridgehead atoms. The number of ether oxygens (including phenoxy) is 1. The largest absolute Gasteiger partial charge is 0.379 e. The van der Waals surface area contributed by atoms with Crippen LogP contribution in [0.5, 0.6) is 0 Å². The summed E-state index contributed by atoms with van der Waals surface area (Å²) in [4.78, 5) is 25.5. The van der Waals surface area contributed by atoms with Crippen molar-refractivity contribution in [2.24, 2.45) is 5.92 Å². The molecule has 0 saturated heterocycles. The summed E-state index contributed by atoms with van der Waals surface area (Å²) in [6, 6.07) is 1.60. The lowest BCUT2D eigenvalue weighted by atomic mass is 9.83. The molecular formula is C20H29N5O4. The topological polar surface area (TPSA) is 111 Å². The molecule has 2 aromatic heterocycles. The number of methoxy groups -OCH3 is 1. The van der Waals surface area contributed by atoms with Gasteiger partial charge in [-0.25, -0.2) is 0 Å². The molecule has 1 saturated carbocycles. The predicted molar refractivity (Wildman–Crippen MR) is 105 cm³/mol. The molecule has 2 N–H and O–H groups in total. The summed E-state index contributed by atoms with van der Waals surface area (Å²) < 4.78 is 12.5. The Bertz CT molecular complexity index is 817. The molecule has 2 aromatic rings. The zero-order valence-corrected chi connectivity index (χ0v) is 17.2. The van der Waals surface area contributed by atoms with E-state index in [4.69, 9.17) is 9.26 Å². The number of carbonyl (C=O) groups is 2. The van der Waals surface area contributed by atoms with Crippen LogP contribution in [0.4, 0.5) is 0 Å². The first-order valence-corrected chi connectivity index (χ1v) is 10.1. The minimum absolute atomic E-state index is 0.00126. The van der Waals surface area contributed by atoms with Crippen LogP contribution < -0.4 is 10.6 Å². The van der Waals surface area contributed by atoms with Crippen LogP contribution in [0.1, 0.15) is 48.0 Å². The molecule has 0 aliphatic heterocycles. The number of amides is 2. The quantitative estimate of drug-likeness (QED) is 0.690. The van der Waals surface area contributed by atoms with Crippen LogP contribution in [0, 0.1) is 12.8 Å². The number of aromatic nitrogens is 3. The highest BCUT2D eigenvalue weighted by Gasteiger charge is 2.35. The molecule has 0 radical (unpaired) electrons. The maximum Gasteiger partial charge on any atom is 0.257 e. The molecule has 1 aliphatic carbocycles. The second-order valence-corrected chi connectivity index (χ2v) is 7.34. The third kappa shape index (κ3) is 5.03. The molecule has 2 heterocycles. The number of rotatable bonds is 8. The molecule has 1 aliphatic rings. The van der Waals surface area contributed by atoms with Crippen molar-refractivity contribution < 1.29 is 18.8 Å². The van der Waals surface area contributed by atoms with Gasteiger partial charge in [0.05, 0.1) is 24.4 Å². The molecule has 0 spiro atoms. The number of carbonyl (C=O) groups excluding carboxylic acids is 2. The standard InChI is InChI=1S/C20H29N5O4/c1-4-15-18(13(2)29-24-15)20(27)23-16-12-14(6-7-17(16)28-3)19(26)21-9-11-25-10-5-8-22-25/h5,8,10,14,16-17H,4,6-7,9,11-12H2,1-3H3,(H,21,26)(H,23,27)/t14-,16+,17+/m0/s1. The van der Waals surface area contributed by atoms with E-state index >= 15 is 0 Å². The lowest BCUT2D eigenvalue weighted by Crippen LogP contribution is -2.50. The van der Waals surface area contributed by atoms with E-state index in [0.29, 0.717) is 49.4 Å². The van der Waals surface area contributed by atoms with Crippen molar-refractivity contribution in [1.29, 1.82) is 0 Å². The summed E-state index contributed by atoms with van der Waals surface area (Å²) in [5.74, 6) is 0.101. The molecular weight excluding hydrogens is 374 g/mol. The highest BCUT2D eigenvalue weighted by atomic mass is 16.5. The third-order valence-electron chi connectivity index (χ3n) is 5.47. The van der Waals surface area contributed by atoms with Crippen LogP contribution >= 0.6 is 0 Å². The summed E-state index contributed by atoms with van der Waals surface area (Å²) in [6.07, 6.45) is 6.02. The lowest BCUT2D eigenvalue weighted by Gasteiger charge is -2.35. The Labute approximate surface area is 170 Å². The Hall–Kier alpha value is -2.68. The van der Waals surface area contributed by atoms with Gasteiger partial charge in [-0.1, -0.05) is 12.1 Å². The molecule has 9 nitrogen and oxygen atoms in total. The first kappa shape index (κ1) is 21.0. The Morgan fingerprint density at radius 3 is 2.90 bits per heavy atom. The SMILES string of the molecule is CCc1noc(C)c1C(=O)N[C@@H]1C[C@@H](C(=O)NCCn2cccn2)CC[C@H]1OC. The predicted octanol–water partition coefficient (Wildman–Crippen LogP) is 1.47. The smallest absolute Gasteiger partial charge is 0.257 e. The van der Waals surface area contributed by atoms with Crippen molar-refractivity contribution in [2.45, 2.75) is 58.2 Å². The van der Waals surface area contributed by atoms with Gasteiger partial charge in [0.1, 0.15) is 11.3 Å². The van der Waals surface area contributed by atoms with E-state index in [-0.39, 0.29) is 29.9 Å². The molecule has 9 heteroatoms. The van der Waals surface area contributed by atoms with E-state index in [0.717, 1.165) is 6.42 Å². The zero-order chi connectivity index (χ0) is 20.8. The minimum Gasteiger partial charge on any atom is -0.379 e. The molecule has 29 heavy (non-hydrogen) atoms. The van der Waals surface area contributed by atoms with E-state index in [1.807, 2.05) is 19.2 Å². The van der Waals surface area contributed by atoms with Gasteiger partial charge in [-0.3, -0.25) is 14.3 Å². The van der Waals surface area contributed by atoms with E-state index in [1.165, 1.54) is 0 Å². The second-order valence-electron chi connectivity index (χ2n) is 7.34. The van der Waals surface area contributed by atoms with Crippen LogP contribution in [-0.2, 0) is 22.5 Å². The van der Waals surface area contributed by atoms with Gasteiger partial charge in [0.15, 0.2) is 0 Å². The third-order valence-corrected chi connectivity index (χ3v) is 5.47. The van der Waals surface area contributed by atoms with Crippen molar-refractivity contribution in [2.75, 3.05) is 13.7 Å². The van der Waals surface area contributed by atoms with Crippen LogP contribution in [0.25, 0.3) is 0 Å². The summed E-state index contributed by atoms with van der Waals surface area (Å²) in [6.45, 7) is 4.79. The molecule has 2 amide bonds. The number of hydrogen-bond acceptors (Lipinski definition) is 6. The number of nitrogens with zero attached hydrogens (tertiary/aromatic N) is 3. The van der Waals surface area contributed by atoms with E-state index in [2.05, 4.69) is 20.9 Å². The van der Waals surface area contributed by atoms with Gasteiger partial charge >= 0.3 is 0 Å². The molecule has 3 atom stereocenters. The van der Waals surface area contributed by atoms with Crippen molar-refractivity contribution in [3.8, 4) is 0 Å². The second kappa shape index (κ2) is 9.69. The summed E-state index contributed by atoms with van der Waals surface area (Å²) in [5.41, 5.74) is 1.12. The summed E-state index contributed by atoms with van der Waals surface area (Å²) >= 11 is 0. The Balaban J connectivity index is 1.58.